The topological polar surface area (TPSA) is 96.4 Å². The summed E-state index contributed by atoms with van der Waals surface area (Å²) in [7, 11) is 0. The Bertz CT molecular complexity index is 1350. The first-order valence-electron chi connectivity index (χ1n) is 11.4. The Morgan fingerprint density at radius 1 is 0.941 bits per heavy atom. The van der Waals surface area contributed by atoms with Gasteiger partial charge >= 0.3 is 0 Å². The molecule has 6 rings (SSSR count). The number of carbonyl (C=O) groups is 2. The van der Waals surface area contributed by atoms with Crippen LogP contribution in [0.1, 0.15) is 38.2 Å². The van der Waals surface area contributed by atoms with Gasteiger partial charge < -0.3 is 19.5 Å². The van der Waals surface area contributed by atoms with Gasteiger partial charge in [0.15, 0.2) is 5.69 Å². The van der Waals surface area contributed by atoms with Crippen LogP contribution in [0.4, 0.5) is 0 Å². The molecule has 2 aliphatic rings. The normalized spacial score (nSPS) is 18.2. The van der Waals surface area contributed by atoms with Crippen LogP contribution in [0.25, 0.3) is 10.9 Å². The van der Waals surface area contributed by atoms with E-state index in [4.69, 9.17) is 4.74 Å². The van der Waals surface area contributed by atoms with Gasteiger partial charge in [0.05, 0.1) is 18.8 Å². The summed E-state index contributed by atoms with van der Waals surface area (Å²) < 4.78 is 7.79. The van der Waals surface area contributed by atoms with Crippen molar-refractivity contribution in [1.29, 1.82) is 0 Å². The summed E-state index contributed by atoms with van der Waals surface area (Å²) in [6.45, 7) is 2.66. The number of amides is 2. The second-order valence-corrected chi connectivity index (χ2v) is 8.64. The fraction of sp³-hybridized carbons (Fsp3) is 0.280. The van der Waals surface area contributed by atoms with Crippen molar-refractivity contribution in [2.45, 2.75) is 19.3 Å². The highest BCUT2D eigenvalue weighted by molar-refractivity contribution is 5.98. The van der Waals surface area contributed by atoms with Crippen molar-refractivity contribution in [2.75, 3.05) is 26.2 Å². The van der Waals surface area contributed by atoms with Crippen molar-refractivity contribution >= 4 is 22.7 Å². The fourth-order valence-corrected chi connectivity index (χ4v) is 4.67. The molecule has 2 aliphatic heterocycles. The quantitative estimate of drug-likeness (QED) is 0.511. The van der Waals surface area contributed by atoms with Crippen LogP contribution in [0, 0.1) is 0 Å². The minimum Gasteiger partial charge on any atom is -0.365 e. The van der Waals surface area contributed by atoms with Crippen molar-refractivity contribution < 1.29 is 14.3 Å². The lowest BCUT2D eigenvalue weighted by Gasteiger charge is -2.34. The Morgan fingerprint density at radius 2 is 1.71 bits per heavy atom. The van der Waals surface area contributed by atoms with Crippen LogP contribution in [0.5, 0.6) is 0 Å². The number of aromatic nitrogens is 4. The van der Waals surface area contributed by atoms with Crippen molar-refractivity contribution in [3.8, 4) is 0 Å². The number of nitrogens with zero attached hydrogens (tertiary/aromatic N) is 5. The maximum Gasteiger partial charge on any atom is 0.276 e. The highest BCUT2D eigenvalue weighted by Crippen LogP contribution is 2.27. The number of hydrogen-bond acceptors (Lipinski definition) is 5. The van der Waals surface area contributed by atoms with Crippen LogP contribution in [0.2, 0.25) is 0 Å². The van der Waals surface area contributed by atoms with Gasteiger partial charge in [-0.05, 0) is 29.1 Å². The van der Waals surface area contributed by atoms with Gasteiger partial charge in [0.2, 0.25) is 0 Å². The third-order valence-corrected chi connectivity index (χ3v) is 6.63. The Hall–Kier alpha value is -3.98. The van der Waals surface area contributed by atoms with Crippen LogP contribution in [0.3, 0.4) is 0 Å². The SMILES string of the molecule is O=C(c1ccc2cc[nH]c2c1)N1CCN(C(=O)c2nnn3c2CO[C@@H](c2ccccc2)C3)CC1. The molecule has 2 amide bonds. The van der Waals surface area contributed by atoms with E-state index in [1.807, 2.05) is 60.8 Å². The maximum atomic E-state index is 13.2. The molecule has 0 bridgehead atoms. The average Bonchev–Trinajstić information content (AvgIpc) is 3.54. The van der Waals surface area contributed by atoms with Gasteiger partial charge in [-0.1, -0.05) is 41.6 Å². The lowest BCUT2D eigenvalue weighted by molar-refractivity contribution is -0.00202. The molecule has 9 heteroatoms. The number of piperazine rings is 1. The highest BCUT2D eigenvalue weighted by atomic mass is 16.5. The van der Waals surface area contributed by atoms with E-state index in [1.54, 1.807) is 14.5 Å². The summed E-state index contributed by atoms with van der Waals surface area (Å²) >= 11 is 0. The molecule has 1 saturated heterocycles. The number of benzene rings is 2. The largest absolute Gasteiger partial charge is 0.365 e. The summed E-state index contributed by atoms with van der Waals surface area (Å²) in [5.74, 6) is -0.187. The molecule has 1 fully saturated rings. The predicted octanol–water partition coefficient (Wildman–Crippen LogP) is 2.63. The third-order valence-electron chi connectivity index (χ3n) is 6.63. The summed E-state index contributed by atoms with van der Waals surface area (Å²) in [6.07, 6.45) is 1.75. The molecule has 0 unspecified atom stereocenters. The minimum absolute atomic E-state index is 0.0232. The van der Waals surface area contributed by atoms with E-state index in [-0.39, 0.29) is 24.5 Å². The molecule has 4 heterocycles. The Labute approximate surface area is 195 Å². The molecule has 4 aromatic rings. The monoisotopic (exact) mass is 456 g/mol. The zero-order chi connectivity index (χ0) is 23.1. The molecule has 0 radical (unpaired) electrons. The number of fused-ring (bicyclic) bond motifs is 2. The second-order valence-electron chi connectivity index (χ2n) is 8.64. The molecule has 172 valence electrons. The van der Waals surface area contributed by atoms with Crippen molar-refractivity contribution in [3.05, 3.63) is 83.3 Å². The van der Waals surface area contributed by atoms with Crippen LogP contribution >= 0.6 is 0 Å². The first-order valence-corrected chi connectivity index (χ1v) is 11.4. The smallest absolute Gasteiger partial charge is 0.276 e. The van der Waals surface area contributed by atoms with Crippen molar-refractivity contribution in [2.24, 2.45) is 0 Å². The van der Waals surface area contributed by atoms with E-state index in [9.17, 15) is 9.59 Å². The van der Waals surface area contributed by atoms with Crippen LogP contribution in [-0.4, -0.2) is 67.8 Å². The van der Waals surface area contributed by atoms with Crippen LogP contribution in [-0.2, 0) is 17.9 Å². The number of aromatic amines is 1. The molecule has 0 saturated carbocycles. The molecule has 2 aromatic heterocycles. The molecular formula is C25H24N6O3. The van der Waals surface area contributed by atoms with Gasteiger partial charge in [0, 0.05) is 43.5 Å². The van der Waals surface area contributed by atoms with Crippen LogP contribution < -0.4 is 0 Å². The second kappa shape index (κ2) is 8.42. The zero-order valence-electron chi connectivity index (χ0n) is 18.6. The number of hydrogen-bond donors (Lipinski definition) is 1. The predicted molar refractivity (Wildman–Crippen MR) is 124 cm³/mol. The lowest BCUT2D eigenvalue weighted by Crippen LogP contribution is -2.50. The molecule has 1 N–H and O–H groups in total. The maximum absolute atomic E-state index is 13.2. The Morgan fingerprint density at radius 3 is 2.50 bits per heavy atom. The molecule has 9 nitrogen and oxygen atoms in total. The van der Waals surface area contributed by atoms with E-state index >= 15 is 0 Å². The summed E-state index contributed by atoms with van der Waals surface area (Å²) in [5.41, 5.74) is 3.70. The Kier molecular flexibility index (Phi) is 5.10. The summed E-state index contributed by atoms with van der Waals surface area (Å²) in [6, 6.07) is 17.6. The van der Waals surface area contributed by atoms with Gasteiger partial charge in [-0.15, -0.1) is 5.10 Å². The number of H-pyrrole nitrogens is 1. The average molecular weight is 457 g/mol. The molecule has 1 atom stereocenters. The lowest BCUT2D eigenvalue weighted by atomic mass is 10.1. The highest BCUT2D eigenvalue weighted by Gasteiger charge is 2.32. The van der Waals surface area contributed by atoms with Gasteiger partial charge in [-0.3, -0.25) is 9.59 Å². The molecule has 34 heavy (non-hydrogen) atoms. The zero-order valence-corrected chi connectivity index (χ0v) is 18.6. The summed E-state index contributed by atoms with van der Waals surface area (Å²) in [5, 5.41) is 9.48. The standard InChI is InChI=1S/C25H24N6O3/c32-24(19-7-6-17-8-9-26-20(17)14-19)29-10-12-30(13-11-29)25(33)23-21-16-34-22(15-31(21)28-27-23)18-4-2-1-3-5-18/h1-9,14,22,26H,10-13,15-16H2/t22-/m1/s1. The molecule has 0 aliphatic carbocycles. The van der Waals surface area contributed by atoms with Gasteiger partial charge in [0.1, 0.15) is 6.10 Å². The van der Waals surface area contributed by atoms with E-state index in [1.165, 1.54) is 0 Å². The number of carbonyl (C=O) groups excluding carboxylic acids is 2. The van der Waals surface area contributed by atoms with Crippen LogP contribution in [0.15, 0.2) is 60.8 Å². The molecule has 2 aromatic carbocycles. The molecule has 0 spiro atoms. The van der Waals surface area contributed by atoms with E-state index < -0.39 is 0 Å². The van der Waals surface area contributed by atoms with Gasteiger partial charge in [-0.25, -0.2) is 4.68 Å². The van der Waals surface area contributed by atoms with E-state index in [2.05, 4.69) is 15.3 Å². The first kappa shape index (κ1) is 20.6. The third kappa shape index (κ3) is 3.63. The van der Waals surface area contributed by atoms with E-state index in [0.29, 0.717) is 49.7 Å². The van der Waals surface area contributed by atoms with Gasteiger partial charge in [-0.2, -0.15) is 0 Å². The fourth-order valence-electron chi connectivity index (χ4n) is 4.67. The first-order chi connectivity index (χ1) is 16.7. The van der Waals surface area contributed by atoms with Gasteiger partial charge in [0.25, 0.3) is 11.8 Å². The Balaban J connectivity index is 1.11. The number of rotatable bonds is 3. The van der Waals surface area contributed by atoms with E-state index in [0.717, 1.165) is 16.5 Å². The number of ether oxygens (including phenoxy) is 1. The minimum atomic E-state index is -0.164. The molecular weight excluding hydrogens is 432 g/mol. The van der Waals surface area contributed by atoms with Crippen molar-refractivity contribution in [1.82, 2.24) is 29.8 Å². The summed E-state index contributed by atoms with van der Waals surface area (Å²) in [4.78, 5) is 32.9. The number of nitrogens with one attached hydrogen (secondary N) is 1. The van der Waals surface area contributed by atoms with Crippen molar-refractivity contribution in [3.63, 3.8) is 0 Å².